The summed E-state index contributed by atoms with van der Waals surface area (Å²) in [5, 5.41) is 13.2. The number of nitro groups is 1. The Morgan fingerprint density at radius 2 is 1.90 bits per heavy atom. The van der Waals surface area contributed by atoms with Crippen molar-refractivity contribution in [2.24, 2.45) is 5.14 Å². The van der Waals surface area contributed by atoms with Gasteiger partial charge in [0.25, 0.3) is 21.5 Å². The number of rotatable bonds is 4. The molecule has 1 aromatic rings. The molecule has 8 nitrogen and oxygen atoms in total. The van der Waals surface area contributed by atoms with Crippen molar-refractivity contribution >= 4 is 15.8 Å². The molecule has 1 rings (SSSR count). The van der Waals surface area contributed by atoms with E-state index in [2.05, 4.69) is 14.9 Å². The molecule has 1 heterocycles. The van der Waals surface area contributed by atoms with E-state index in [1.807, 2.05) is 0 Å². The molecule has 0 aliphatic heterocycles. The summed E-state index contributed by atoms with van der Waals surface area (Å²) in [5.74, 6) is -3.23. The monoisotopic (exact) mass is 337 g/mol. The van der Waals surface area contributed by atoms with Gasteiger partial charge < -0.3 is 14.9 Å². The molecule has 21 heavy (non-hydrogen) atoms. The van der Waals surface area contributed by atoms with Crippen LogP contribution in [0.25, 0.3) is 0 Å². The van der Waals surface area contributed by atoms with Crippen LogP contribution in [-0.4, -0.2) is 24.7 Å². The van der Waals surface area contributed by atoms with Crippen LogP contribution >= 0.6 is 0 Å². The molecule has 0 aromatic carbocycles. The molecule has 0 saturated heterocycles. The molecule has 1 aromatic heterocycles. The van der Waals surface area contributed by atoms with Crippen molar-refractivity contribution in [2.75, 3.05) is 0 Å². The molecule has 0 atom stereocenters. The van der Waals surface area contributed by atoms with E-state index in [1.54, 1.807) is 0 Å². The van der Waals surface area contributed by atoms with Gasteiger partial charge in [-0.15, -0.1) is 13.2 Å². The first-order valence-electron chi connectivity index (χ1n) is 4.59. The molecule has 0 fully saturated rings. The Hall–Kier alpha value is -2.09. The predicted octanol–water partition coefficient (Wildman–Crippen LogP) is 1.47. The van der Waals surface area contributed by atoms with Crippen LogP contribution in [0.3, 0.4) is 0 Å². The zero-order chi connectivity index (χ0) is 16.6. The molecule has 0 saturated carbocycles. The highest BCUT2D eigenvalue weighted by Crippen LogP contribution is 2.38. The third-order valence-corrected chi connectivity index (χ3v) is 2.72. The number of hydrogen-bond acceptors (Lipinski definition) is 6. The second kappa shape index (κ2) is 5.36. The number of halogens is 5. The average Bonchev–Trinajstić information content (AvgIpc) is 2.23. The van der Waals surface area contributed by atoms with Crippen molar-refractivity contribution in [2.45, 2.75) is 17.8 Å². The van der Waals surface area contributed by atoms with Crippen molar-refractivity contribution in [1.29, 1.82) is 0 Å². The maximum absolute atomic E-state index is 12.7. The summed E-state index contributed by atoms with van der Waals surface area (Å²) in [6.45, 7) is 0. The number of sulfonamides is 1. The van der Waals surface area contributed by atoms with Gasteiger partial charge in [-0.2, -0.15) is 0 Å². The van der Waals surface area contributed by atoms with Gasteiger partial charge in [0.1, 0.15) is 5.56 Å². The molecule has 14 heteroatoms. The van der Waals surface area contributed by atoms with Gasteiger partial charge in [0.05, 0.1) is 6.07 Å². The molecule has 0 aliphatic carbocycles. The van der Waals surface area contributed by atoms with Gasteiger partial charge in [-0.1, -0.05) is 0 Å². The third kappa shape index (κ3) is 4.19. The van der Waals surface area contributed by atoms with Crippen LogP contribution in [0.2, 0.25) is 0 Å². The Morgan fingerprint density at radius 1 is 1.38 bits per heavy atom. The van der Waals surface area contributed by atoms with Gasteiger partial charge in [-0.25, -0.2) is 22.3 Å². The fraction of sp³-hybridized carbons (Fsp3) is 0.286. The van der Waals surface area contributed by atoms with Crippen molar-refractivity contribution in [3.63, 3.8) is 0 Å². The van der Waals surface area contributed by atoms with Crippen LogP contribution < -0.4 is 9.88 Å². The number of pyridine rings is 1. The van der Waals surface area contributed by atoms with Gasteiger partial charge in [0.15, 0.2) is 5.75 Å². The zero-order valence-electron chi connectivity index (χ0n) is 9.47. The Bertz CT molecular complexity index is 674. The molecular weight excluding hydrogens is 333 g/mol. The average molecular weight is 337 g/mol. The second-order valence-electron chi connectivity index (χ2n) is 3.35. The predicted molar refractivity (Wildman–Crippen MR) is 53.9 cm³/mol. The molecule has 0 unspecified atom stereocenters. The van der Waals surface area contributed by atoms with Crippen molar-refractivity contribution in [1.82, 2.24) is 4.98 Å². The summed E-state index contributed by atoms with van der Waals surface area (Å²) in [5.41, 5.74) is -1.82. The number of nitrogens with two attached hydrogens (primary N) is 1. The maximum Gasteiger partial charge on any atom is 0.573 e. The lowest BCUT2D eigenvalue weighted by Crippen LogP contribution is -2.22. The minimum atomic E-state index is -5.49. The largest absolute Gasteiger partial charge is 0.573 e. The summed E-state index contributed by atoms with van der Waals surface area (Å²) in [6, 6.07) is -0.0797. The summed E-state index contributed by atoms with van der Waals surface area (Å²) in [7, 11) is -5.06. The summed E-state index contributed by atoms with van der Waals surface area (Å²) >= 11 is 0. The van der Waals surface area contributed by atoms with Crippen molar-refractivity contribution in [3.05, 3.63) is 21.7 Å². The summed E-state index contributed by atoms with van der Waals surface area (Å²) in [4.78, 5) is 11.8. The fourth-order valence-electron chi connectivity index (χ4n) is 1.22. The van der Waals surface area contributed by atoms with E-state index in [9.17, 15) is 40.5 Å². The van der Waals surface area contributed by atoms with Crippen LogP contribution in [0, 0.1) is 10.1 Å². The van der Waals surface area contributed by atoms with Gasteiger partial charge in [0.2, 0.25) is 0 Å². The molecule has 0 spiro atoms. The normalized spacial score (nSPS) is 12.5. The number of primary sulfonamides is 1. The zero-order valence-corrected chi connectivity index (χ0v) is 10.3. The molecule has 118 valence electrons. The van der Waals surface area contributed by atoms with E-state index >= 15 is 0 Å². The minimum absolute atomic E-state index is 0.0797. The molecular formula is C7H4F5N3O5S. The van der Waals surface area contributed by atoms with Crippen LogP contribution in [0.5, 0.6) is 5.75 Å². The Balaban J connectivity index is 3.74. The van der Waals surface area contributed by atoms with E-state index in [0.29, 0.717) is 0 Å². The van der Waals surface area contributed by atoms with E-state index in [0.717, 1.165) is 0 Å². The van der Waals surface area contributed by atoms with Gasteiger partial charge in [-0.3, -0.25) is 0 Å². The van der Waals surface area contributed by atoms with Crippen LogP contribution in [0.1, 0.15) is 12.0 Å². The highest BCUT2D eigenvalue weighted by molar-refractivity contribution is 7.89. The molecule has 0 aliphatic rings. The first-order valence-corrected chi connectivity index (χ1v) is 6.13. The highest BCUT2D eigenvalue weighted by atomic mass is 32.2. The standard InChI is InChI=1S/C7H4F5N3O5S/c8-5(9)4-2(20-7(10,11)12)1-3(15(16)17)14-6(4)21(13,18)19/h1,5H,(H2,13,18,19). The number of aromatic nitrogens is 1. The summed E-state index contributed by atoms with van der Waals surface area (Å²) < 4.78 is 87.1. The molecule has 0 radical (unpaired) electrons. The first-order chi connectivity index (χ1) is 9.33. The lowest BCUT2D eigenvalue weighted by atomic mass is 10.2. The fourth-order valence-corrected chi connectivity index (χ4v) is 1.93. The van der Waals surface area contributed by atoms with Crippen molar-refractivity contribution in [3.8, 4) is 5.75 Å². The number of nitrogens with zero attached hydrogens (tertiary/aromatic N) is 2. The van der Waals surface area contributed by atoms with Crippen LogP contribution in [0.15, 0.2) is 11.1 Å². The van der Waals surface area contributed by atoms with Crippen LogP contribution in [0.4, 0.5) is 27.8 Å². The van der Waals surface area contributed by atoms with E-state index in [1.165, 1.54) is 0 Å². The molecule has 0 amide bonds. The third-order valence-electron chi connectivity index (χ3n) is 1.87. The van der Waals surface area contributed by atoms with E-state index in [-0.39, 0.29) is 6.07 Å². The lowest BCUT2D eigenvalue weighted by Gasteiger charge is -2.13. The molecule has 2 N–H and O–H groups in total. The number of ether oxygens (including phenoxy) is 1. The molecule has 0 bridgehead atoms. The Morgan fingerprint density at radius 3 is 2.24 bits per heavy atom. The van der Waals surface area contributed by atoms with Crippen molar-refractivity contribution < 1.29 is 40.0 Å². The minimum Gasteiger partial charge on any atom is -0.405 e. The highest BCUT2D eigenvalue weighted by Gasteiger charge is 2.39. The van der Waals surface area contributed by atoms with Gasteiger partial charge in [0, 0.05) is 0 Å². The lowest BCUT2D eigenvalue weighted by molar-refractivity contribution is -0.390. The van der Waals surface area contributed by atoms with Gasteiger partial charge in [-0.05, 0) is 9.91 Å². The quantitative estimate of drug-likeness (QED) is 0.504. The second-order valence-corrected chi connectivity index (χ2v) is 4.82. The Kier molecular flexibility index (Phi) is 4.33. The smallest absolute Gasteiger partial charge is 0.405 e. The Labute approximate surface area is 112 Å². The maximum atomic E-state index is 12.7. The number of alkyl halides is 5. The van der Waals surface area contributed by atoms with Crippen LogP contribution in [-0.2, 0) is 10.0 Å². The SMILES string of the molecule is NS(=O)(=O)c1nc([N+](=O)[O-])cc(OC(F)(F)F)c1C(F)F. The first kappa shape index (κ1) is 17.0. The summed E-state index contributed by atoms with van der Waals surface area (Å²) in [6.07, 6.45) is -9.28. The van der Waals surface area contributed by atoms with Gasteiger partial charge >= 0.3 is 12.2 Å². The van der Waals surface area contributed by atoms with E-state index < -0.39 is 49.9 Å². The van der Waals surface area contributed by atoms with E-state index in [4.69, 9.17) is 0 Å². The number of hydrogen-bond donors (Lipinski definition) is 1. The topological polar surface area (TPSA) is 125 Å².